The van der Waals surface area contributed by atoms with Gasteiger partial charge in [-0.05, 0) is 31.2 Å². The van der Waals surface area contributed by atoms with E-state index >= 15 is 0 Å². The minimum atomic E-state index is -0.443. The van der Waals surface area contributed by atoms with Gasteiger partial charge in [0.15, 0.2) is 0 Å². The van der Waals surface area contributed by atoms with E-state index in [1.807, 2.05) is 31.2 Å². The molecule has 21 heavy (non-hydrogen) atoms. The number of carbonyl (C=O) groups is 2. The van der Waals surface area contributed by atoms with Gasteiger partial charge in [-0.1, -0.05) is 29.3 Å². The predicted octanol–water partition coefficient (Wildman–Crippen LogP) is 3.33. The Hall–Kier alpha value is -2.46. The molecule has 1 aromatic carbocycles. The molecule has 1 heterocycles. The topological polar surface area (TPSA) is 59.1 Å². The van der Waals surface area contributed by atoms with E-state index in [1.54, 1.807) is 12.1 Å². The number of ketones is 2. The number of nitrogens with zero attached hydrogens (tertiary/aromatic N) is 1. The van der Waals surface area contributed by atoms with Crippen molar-refractivity contribution in [3.63, 3.8) is 0 Å². The number of hydrogen-bond donors (Lipinski definition) is 1. The third-order valence-electron chi connectivity index (χ3n) is 3.23. The van der Waals surface area contributed by atoms with Crippen LogP contribution in [-0.4, -0.2) is 16.6 Å². The minimum absolute atomic E-state index is 0.0889. The Balaban J connectivity index is 2.02. The smallest absolute Gasteiger partial charge is 0.225 e. The van der Waals surface area contributed by atoms with Gasteiger partial charge in [-0.3, -0.25) is 14.6 Å². The molecule has 1 aliphatic carbocycles. The highest BCUT2D eigenvalue weighted by Gasteiger charge is 2.32. The molecule has 0 bridgehead atoms. The van der Waals surface area contributed by atoms with E-state index in [1.165, 1.54) is 6.20 Å². The maximum absolute atomic E-state index is 12.4. The number of rotatable bonds is 2. The second-order valence-corrected chi connectivity index (χ2v) is 5.12. The zero-order chi connectivity index (χ0) is 15.0. The lowest BCUT2D eigenvalue weighted by Gasteiger charge is -2.18. The van der Waals surface area contributed by atoms with Crippen LogP contribution >= 0.6 is 11.6 Å². The van der Waals surface area contributed by atoms with Crippen LogP contribution in [0.25, 0.3) is 0 Å². The second-order valence-electron chi connectivity index (χ2n) is 4.74. The highest BCUT2D eigenvalue weighted by molar-refractivity contribution is 6.50. The Labute approximate surface area is 126 Å². The van der Waals surface area contributed by atoms with Crippen LogP contribution in [0.3, 0.4) is 0 Å². The van der Waals surface area contributed by atoms with Crippen LogP contribution in [0, 0.1) is 6.92 Å². The summed E-state index contributed by atoms with van der Waals surface area (Å²) in [4.78, 5) is 28.6. The molecular weight excluding hydrogens is 288 g/mol. The summed E-state index contributed by atoms with van der Waals surface area (Å²) in [6.45, 7) is 1.97. The van der Waals surface area contributed by atoms with Gasteiger partial charge in [-0.2, -0.15) is 0 Å². The molecule has 0 radical (unpaired) electrons. The first-order valence-corrected chi connectivity index (χ1v) is 6.73. The molecule has 0 unspecified atom stereocenters. The number of fused-ring (bicyclic) bond motifs is 1. The van der Waals surface area contributed by atoms with E-state index in [0.717, 1.165) is 5.56 Å². The van der Waals surface area contributed by atoms with Crippen LogP contribution in [-0.2, 0) is 0 Å². The zero-order valence-electron chi connectivity index (χ0n) is 11.2. The highest BCUT2D eigenvalue weighted by Crippen LogP contribution is 2.28. The van der Waals surface area contributed by atoms with E-state index in [9.17, 15) is 9.59 Å². The number of halogens is 1. The molecule has 1 aliphatic rings. The standard InChI is InChI=1S/C16H11ClN2O2/c1-9-4-6-10(7-5-9)19-14-12(17)16(21)13-11(15(14)20)3-2-8-18-13/h2-8,19H,1H3. The number of carbonyl (C=O) groups excluding carboxylic acids is 2. The maximum atomic E-state index is 12.4. The average Bonchev–Trinajstić information content (AvgIpc) is 2.51. The van der Waals surface area contributed by atoms with Gasteiger partial charge >= 0.3 is 0 Å². The van der Waals surface area contributed by atoms with Crippen LogP contribution in [0.1, 0.15) is 26.4 Å². The lowest BCUT2D eigenvalue weighted by atomic mass is 9.97. The number of anilines is 1. The van der Waals surface area contributed by atoms with Crippen LogP contribution in [0.2, 0.25) is 0 Å². The van der Waals surface area contributed by atoms with Gasteiger partial charge < -0.3 is 5.32 Å². The molecule has 0 saturated heterocycles. The molecule has 0 atom stereocenters. The zero-order valence-corrected chi connectivity index (χ0v) is 11.9. The Bertz CT molecular complexity index is 779. The number of aromatic nitrogens is 1. The molecular formula is C16H11ClN2O2. The van der Waals surface area contributed by atoms with Gasteiger partial charge in [-0.25, -0.2) is 0 Å². The normalized spacial score (nSPS) is 14.2. The molecule has 1 N–H and O–H groups in total. The largest absolute Gasteiger partial charge is 0.351 e. The van der Waals surface area contributed by atoms with Crippen molar-refractivity contribution in [3.05, 3.63) is 70.1 Å². The highest BCUT2D eigenvalue weighted by atomic mass is 35.5. The Morgan fingerprint density at radius 2 is 1.76 bits per heavy atom. The summed E-state index contributed by atoms with van der Waals surface area (Å²) in [5.41, 5.74) is 2.25. The summed E-state index contributed by atoms with van der Waals surface area (Å²) < 4.78 is 0. The Morgan fingerprint density at radius 3 is 2.48 bits per heavy atom. The number of allylic oxidation sites excluding steroid dienone is 2. The second kappa shape index (κ2) is 5.14. The van der Waals surface area contributed by atoms with Gasteiger partial charge in [0.1, 0.15) is 16.4 Å². The van der Waals surface area contributed by atoms with Crippen molar-refractivity contribution in [3.8, 4) is 0 Å². The number of nitrogens with one attached hydrogen (secondary N) is 1. The quantitative estimate of drug-likeness (QED) is 0.924. The first kappa shape index (κ1) is 13.5. The van der Waals surface area contributed by atoms with Gasteiger partial charge in [0, 0.05) is 11.9 Å². The summed E-state index contributed by atoms with van der Waals surface area (Å²) in [6, 6.07) is 10.6. The van der Waals surface area contributed by atoms with E-state index in [-0.39, 0.29) is 27.8 Å². The summed E-state index contributed by atoms with van der Waals surface area (Å²) in [7, 11) is 0. The first-order valence-electron chi connectivity index (χ1n) is 6.36. The van der Waals surface area contributed by atoms with Gasteiger partial charge in [0.2, 0.25) is 11.6 Å². The first-order chi connectivity index (χ1) is 10.1. The number of Topliss-reactive ketones (excluding diaryl/α,β-unsaturated/α-hetero) is 2. The van der Waals surface area contributed by atoms with Crippen LogP contribution < -0.4 is 5.32 Å². The van der Waals surface area contributed by atoms with Crippen molar-refractivity contribution in [1.82, 2.24) is 4.98 Å². The molecule has 2 aromatic rings. The summed E-state index contributed by atoms with van der Waals surface area (Å²) in [5.74, 6) is -0.773. The van der Waals surface area contributed by atoms with Crippen molar-refractivity contribution in [2.75, 3.05) is 5.32 Å². The van der Waals surface area contributed by atoms with Gasteiger partial charge in [0.05, 0.1) is 5.56 Å². The van der Waals surface area contributed by atoms with Gasteiger partial charge in [0.25, 0.3) is 0 Å². The number of aryl methyl sites for hydroxylation is 1. The third-order valence-corrected chi connectivity index (χ3v) is 3.59. The maximum Gasteiger partial charge on any atom is 0.225 e. The number of pyridine rings is 1. The fourth-order valence-electron chi connectivity index (χ4n) is 2.11. The summed E-state index contributed by atoms with van der Waals surface area (Å²) in [6.07, 6.45) is 1.46. The molecule has 0 fully saturated rings. The molecule has 0 spiro atoms. The SMILES string of the molecule is Cc1ccc(NC2=C(Cl)C(=O)c3ncccc3C2=O)cc1. The average molecular weight is 299 g/mol. The molecule has 1 aromatic heterocycles. The Kier molecular flexibility index (Phi) is 3.31. The van der Waals surface area contributed by atoms with Crippen LogP contribution in [0.5, 0.6) is 0 Å². The van der Waals surface area contributed by atoms with Crippen molar-refractivity contribution < 1.29 is 9.59 Å². The van der Waals surface area contributed by atoms with E-state index in [0.29, 0.717) is 5.69 Å². The lowest BCUT2D eigenvalue weighted by Crippen LogP contribution is -2.25. The molecule has 0 amide bonds. The van der Waals surface area contributed by atoms with Crippen molar-refractivity contribution in [2.45, 2.75) is 6.92 Å². The third kappa shape index (κ3) is 2.34. The molecule has 104 valence electrons. The molecule has 0 aliphatic heterocycles. The fourth-order valence-corrected chi connectivity index (χ4v) is 2.34. The van der Waals surface area contributed by atoms with Crippen molar-refractivity contribution in [2.24, 2.45) is 0 Å². The summed E-state index contributed by atoms with van der Waals surface area (Å²) >= 11 is 6.04. The van der Waals surface area contributed by atoms with E-state index in [2.05, 4.69) is 10.3 Å². The van der Waals surface area contributed by atoms with Crippen LogP contribution in [0.4, 0.5) is 5.69 Å². The van der Waals surface area contributed by atoms with E-state index < -0.39 is 5.78 Å². The number of hydrogen-bond acceptors (Lipinski definition) is 4. The molecule has 0 saturated carbocycles. The van der Waals surface area contributed by atoms with Crippen molar-refractivity contribution in [1.29, 1.82) is 0 Å². The van der Waals surface area contributed by atoms with E-state index in [4.69, 9.17) is 11.6 Å². The van der Waals surface area contributed by atoms with Crippen molar-refractivity contribution >= 4 is 28.9 Å². The minimum Gasteiger partial charge on any atom is -0.351 e. The fraction of sp³-hybridized carbons (Fsp3) is 0.0625. The summed E-state index contributed by atoms with van der Waals surface area (Å²) in [5, 5.41) is 2.80. The molecule has 5 heteroatoms. The molecule has 3 rings (SSSR count). The monoisotopic (exact) mass is 298 g/mol. The van der Waals surface area contributed by atoms with Crippen LogP contribution in [0.15, 0.2) is 53.3 Å². The lowest BCUT2D eigenvalue weighted by molar-refractivity contribution is 0.0978. The predicted molar refractivity (Wildman–Crippen MR) is 80.6 cm³/mol. The number of benzene rings is 1. The Morgan fingerprint density at radius 1 is 1.05 bits per heavy atom. The van der Waals surface area contributed by atoms with Gasteiger partial charge in [-0.15, -0.1) is 0 Å². The molecule has 4 nitrogen and oxygen atoms in total.